The molecule has 8 heteroatoms. The van der Waals surface area contributed by atoms with Crippen LogP contribution in [0, 0.1) is 6.92 Å². The van der Waals surface area contributed by atoms with Crippen LogP contribution in [0.1, 0.15) is 34.5 Å². The van der Waals surface area contributed by atoms with Crippen LogP contribution >= 0.6 is 0 Å². The molecular weight excluding hydrogens is 440 g/mol. The molecule has 1 atom stereocenters. The average Bonchev–Trinajstić information content (AvgIpc) is 2.83. The number of nitrogens with zero attached hydrogens (tertiary/aromatic N) is 1. The Labute approximate surface area is 195 Å². The summed E-state index contributed by atoms with van der Waals surface area (Å²) in [5.74, 6) is 0.938. The van der Waals surface area contributed by atoms with Gasteiger partial charge in [0.2, 0.25) is 0 Å². The molecule has 0 aromatic heterocycles. The van der Waals surface area contributed by atoms with E-state index in [-0.39, 0.29) is 16.8 Å². The van der Waals surface area contributed by atoms with Gasteiger partial charge in [0.1, 0.15) is 11.5 Å². The highest BCUT2D eigenvalue weighted by Crippen LogP contribution is 2.30. The molecule has 3 rings (SSSR count). The van der Waals surface area contributed by atoms with E-state index in [1.165, 1.54) is 11.4 Å². The maximum absolute atomic E-state index is 13.0. The van der Waals surface area contributed by atoms with Gasteiger partial charge in [-0.15, -0.1) is 0 Å². The van der Waals surface area contributed by atoms with Gasteiger partial charge in [0.25, 0.3) is 15.9 Å². The lowest BCUT2D eigenvalue weighted by Crippen LogP contribution is -2.29. The summed E-state index contributed by atoms with van der Waals surface area (Å²) in [5.41, 5.74) is 2.46. The van der Waals surface area contributed by atoms with Crippen LogP contribution in [0.25, 0.3) is 0 Å². The number of aryl methyl sites for hydroxylation is 1. The van der Waals surface area contributed by atoms with Crippen molar-refractivity contribution < 1.29 is 22.7 Å². The van der Waals surface area contributed by atoms with Crippen LogP contribution in [0.4, 0.5) is 5.69 Å². The van der Waals surface area contributed by atoms with E-state index < -0.39 is 10.0 Å². The Hall–Kier alpha value is -3.52. The fraction of sp³-hybridized carbons (Fsp3) is 0.240. The molecule has 1 N–H and O–H groups in total. The molecule has 0 fully saturated rings. The minimum Gasteiger partial charge on any atom is -0.497 e. The number of methoxy groups -OCH3 is 2. The SMILES string of the molecule is COc1ccc(OC)c([C@@H](C)NC(=O)c2cccc(N(C)S(=O)(=O)c3ccc(C)cc3)c2)c1. The number of nitrogens with one attached hydrogen (secondary N) is 1. The second-order valence-corrected chi connectivity index (χ2v) is 9.61. The molecule has 0 bridgehead atoms. The molecule has 3 aromatic rings. The minimum absolute atomic E-state index is 0.184. The molecule has 33 heavy (non-hydrogen) atoms. The van der Waals surface area contributed by atoms with E-state index in [0.717, 1.165) is 11.1 Å². The third kappa shape index (κ3) is 5.28. The maximum atomic E-state index is 13.0. The standard InChI is InChI=1S/C25H28N2O5S/c1-17-9-12-22(13-10-17)33(29,30)27(3)20-8-6-7-19(15-20)25(28)26-18(2)23-16-21(31-4)11-14-24(23)32-5/h6-16,18H,1-5H3,(H,26,28)/t18-/m1/s1. The lowest BCUT2D eigenvalue weighted by atomic mass is 10.1. The zero-order valence-corrected chi connectivity index (χ0v) is 20.1. The van der Waals surface area contributed by atoms with Gasteiger partial charge in [0.15, 0.2) is 0 Å². The van der Waals surface area contributed by atoms with E-state index >= 15 is 0 Å². The Kier molecular flexibility index (Phi) is 7.28. The van der Waals surface area contributed by atoms with E-state index in [9.17, 15) is 13.2 Å². The first-order valence-corrected chi connectivity index (χ1v) is 11.8. The Bertz CT molecular complexity index is 1240. The van der Waals surface area contributed by atoms with Gasteiger partial charge in [0.05, 0.1) is 30.8 Å². The minimum atomic E-state index is -3.76. The first kappa shape index (κ1) is 24.1. The Morgan fingerprint density at radius 2 is 1.67 bits per heavy atom. The van der Waals surface area contributed by atoms with Crippen molar-refractivity contribution in [3.05, 3.63) is 83.4 Å². The van der Waals surface area contributed by atoms with Gasteiger partial charge in [-0.1, -0.05) is 23.8 Å². The molecular formula is C25H28N2O5S. The highest BCUT2D eigenvalue weighted by molar-refractivity contribution is 7.92. The Morgan fingerprint density at radius 1 is 0.970 bits per heavy atom. The van der Waals surface area contributed by atoms with Gasteiger partial charge >= 0.3 is 0 Å². The van der Waals surface area contributed by atoms with Gasteiger partial charge < -0.3 is 14.8 Å². The number of hydrogen-bond acceptors (Lipinski definition) is 5. The Balaban J connectivity index is 1.83. The van der Waals surface area contributed by atoms with Crippen molar-refractivity contribution in [1.82, 2.24) is 5.32 Å². The first-order chi connectivity index (χ1) is 15.7. The quantitative estimate of drug-likeness (QED) is 0.532. The van der Waals surface area contributed by atoms with Crippen LogP contribution in [0.2, 0.25) is 0 Å². The molecule has 0 radical (unpaired) electrons. The Morgan fingerprint density at radius 3 is 2.30 bits per heavy atom. The van der Waals surface area contributed by atoms with Crippen molar-refractivity contribution in [2.45, 2.75) is 24.8 Å². The van der Waals surface area contributed by atoms with Crippen LogP contribution in [0.15, 0.2) is 71.6 Å². The topological polar surface area (TPSA) is 84.9 Å². The second-order valence-electron chi connectivity index (χ2n) is 7.64. The summed E-state index contributed by atoms with van der Waals surface area (Å²) in [6.45, 7) is 3.73. The number of hydrogen-bond donors (Lipinski definition) is 1. The summed E-state index contributed by atoms with van der Waals surface area (Å²) in [6, 6.07) is 18.1. The number of rotatable bonds is 8. The molecule has 0 aliphatic rings. The number of carbonyl (C=O) groups is 1. The smallest absolute Gasteiger partial charge is 0.264 e. The molecule has 0 unspecified atom stereocenters. The monoisotopic (exact) mass is 468 g/mol. The molecule has 7 nitrogen and oxygen atoms in total. The van der Waals surface area contributed by atoms with E-state index in [4.69, 9.17) is 9.47 Å². The van der Waals surface area contributed by atoms with Crippen molar-refractivity contribution >= 4 is 21.6 Å². The highest BCUT2D eigenvalue weighted by atomic mass is 32.2. The van der Waals surface area contributed by atoms with Gasteiger partial charge in [-0.05, 0) is 62.4 Å². The molecule has 174 valence electrons. The molecule has 0 aliphatic carbocycles. The van der Waals surface area contributed by atoms with E-state index in [0.29, 0.717) is 22.7 Å². The first-order valence-electron chi connectivity index (χ1n) is 10.4. The number of anilines is 1. The maximum Gasteiger partial charge on any atom is 0.264 e. The van der Waals surface area contributed by atoms with Crippen molar-refractivity contribution in [2.24, 2.45) is 0 Å². The number of carbonyl (C=O) groups excluding carboxylic acids is 1. The van der Waals surface area contributed by atoms with Crippen LogP contribution in [-0.4, -0.2) is 35.6 Å². The van der Waals surface area contributed by atoms with Gasteiger partial charge in [-0.3, -0.25) is 9.10 Å². The van der Waals surface area contributed by atoms with Crippen LogP contribution in [0.5, 0.6) is 11.5 Å². The predicted octanol–water partition coefficient (Wildman–Crippen LogP) is 4.33. The van der Waals surface area contributed by atoms with Crippen molar-refractivity contribution in [1.29, 1.82) is 0 Å². The summed E-state index contributed by atoms with van der Waals surface area (Å²) in [5, 5.41) is 2.94. The molecule has 0 aliphatic heterocycles. The summed E-state index contributed by atoms with van der Waals surface area (Å²) in [6.07, 6.45) is 0. The van der Waals surface area contributed by atoms with Crippen molar-refractivity contribution in [3.63, 3.8) is 0 Å². The molecule has 1 amide bonds. The highest BCUT2D eigenvalue weighted by Gasteiger charge is 2.22. The lowest BCUT2D eigenvalue weighted by molar-refractivity contribution is 0.0939. The predicted molar refractivity (Wildman–Crippen MR) is 129 cm³/mol. The van der Waals surface area contributed by atoms with E-state index in [2.05, 4.69) is 5.32 Å². The summed E-state index contributed by atoms with van der Waals surface area (Å²) in [4.78, 5) is 13.1. The summed E-state index contributed by atoms with van der Waals surface area (Å²) >= 11 is 0. The van der Waals surface area contributed by atoms with Crippen LogP contribution in [0.3, 0.4) is 0 Å². The third-order valence-corrected chi connectivity index (χ3v) is 7.20. The largest absolute Gasteiger partial charge is 0.497 e. The number of ether oxygens (including phenoxy) is 2. The van der Waals surface area contributed by atoms with E-state index in [1.807, 2.05) is 19.9 Å². The summed E-state index contributed by atoms with van der Waals surface area (Å²) < 4.78 is 37.9. The fourth-order valence-corrected chi connectivity index (χ4v) is 4.57. The van der Waals surface area contributed by atoms with Crippen LogP contribution in [-0.2, 0) is 10.0 Å². The lowest BCUT2D eigenvalue weighted by Gasteiger charge is -2.21. The van der Waals surface area contributed by atoms with Gasteiger partial charge in [-0.2, -0.15) is 0 Å². The molecule has 0 saturated carbocycles. The number of amides is 1. The molecule has 0 heterocycles. The van der Waals surface area contributed by atoms with Gasteiger partial charge in [-0.25, -0.2) is 8.42 Å². The van der Waals surface area contributed by atoms with Gasteiger partial charge in [0, 0.05) is 18.2 Å². The van der Waals surface area contributed by atoms with E-state index in [1.54, 1.807) is 74.9 Å². The fourth-order valence-electron chi connectivity index (χ4n) is 3.39. The zero-order chi connectivity index (χ0) is 24.2. The summed E-state index contributed by atoms with van der Waals surface area (Å²) in [7, 11) is 0.839. The molecule has 0 saturated heterocycles. The number of benzene rings is 3. The second kappa shape index (κ2) is 9.95. The van der Waals surface area contributed by atoms with Crippen LogP contribution < -0.4 is 19.1 Å². The number of sulfonamides is 1. The molecule has 3 aromatic carbocycles. The zero-order valence-electron chi connectivity index (χ0n) is 19.3. The molecule has 0 spiro atoms. The van der Waals surface area contributed by atoms with Crippen molar-refractivity contribution in [3.8, 4) is 11.5 Å². The van der Waals surface area contributed by atoms with Crippen molar-refractivity contribution in [2.75, 3.05) is 25.6 Å². The average molecular weight is 469 g/mol. The normalized spacial score (nSPS) is 12.0. The third-order valence-electron chi connectivity index (χ3n) is 5.40.